The topological polar surface area (TPSA) is 73.4 Å². The molecule has 1 heterocycles. The van der Waals surface area contributed by atoms with Gasteiger partial charge in [0.25, 0.3) is 0 Å². The Balaban J connectivity index is 1.94. The number of methoxy groups -OCH3 is 1. The Labute approximate surface area is 119 Å². The lowest BCUT2D eigenvalue weighted by Crippen LogP contribution is -2.45. The Morgan fingerprint density at radius 3 is 2.95 bits per heavy atom. The summed E-state index contributed by atoms with van der Waals surface area (Å²) < 4.78 is 6.94. The van der Waals surface area contributed by atoms with Crippen molar-refractivity contribution in [3.8, 4) is 0 Å². The molecular weight excluding hydrogens is 256 g/mol. The van der Waals surface area contributed by atoms with Crippen molar-refractivity contribution in [2.75, 3.05) is 13.7 Å². The number of ether oxygens (including phenoxy) is 1. The molecule has 0 radical (unpaired) electrons. The fourth-order valence-electron chi connectivity index (χ4n) is 2.26. The highest BCUT2D eigenvalue weighted by molar-refractivity contribution is 5.82. The van der Waals surface area contributed by atoms with Gasteiger partial charge in [-0.05, 0) is 25.7 Å². The number of carbonyl (C=O) groups is 1. The molecule has 0 bridgehead atoms. The molecular formula is C14H24N4O2. The number of nitrogens with zero attached hydrogens (tertiary/aromatic N) is 3. The van der Waals surface area contributed by atoms with Crippen LogP contribution in [0.2, 0.25) is 0 Å². The van der Waals surface area contributed by atoms with E-state index < -0.39 is 6.04 Å². The summed E-state index contributed by atoms with van der Waals surface area (Å²) in [6.45, 7) is 1.19. The van der Waals surface area contributed by atoms with Gasteiger partial charge in [0, 0.05) is 39.2 Å². The quantitative estimate of drug-likeness (QED) is 0.710. The average Bonchev–Trinajstić information content (AvgIpc) is 3.19. The van der Waals surface area contributed by atoms with Crippen molar-refractivity contribution in [2.24, 2.45) is 12.8 Å². The monoisotopic (exact) mass is 280 g/mol. The van der Waals surface area contributed by atoms with Gasteiger partial charge >= 0.3 is 0 Å². The van der Waals surface area contributed by atoms with Crippen LogP contribution in [0.25, 0.3) is 0 Å². The highest BCUT2D eigenvalue weighted by Gasteiger charge is 2.35. The van der Waals surface area contributed by atoms with Crippen molar-refractivity contribution in [3.63, 3.8) is 0 Å². The summed E-state index contributed by atoms with van der Waals surface area (Å²) in [5.41, 5.74) is 6.02. The van der Waals surface area contributed by atoms with E-state index >= 15 is 0 Å². The van der Waals surface area contributed by atoms with Crippen molar-refractivity contribution >= 4 is 5.91 Å². The van der Waals surface area contributed by atoms with E-state index in [0.717, 1.165) is 25.1 Å². The first-order valence-electron chi connectivity index (χ1n) is 7.14. The molecule has 1 unspecified atom stereocenters. The van der Waals surface area contributed by atoms with Crippen LogP contribution in [0.3, 0.4) is 0 Å². The molecule has 1 atom stereocenters. The second-order valence-electron chi connectivity index (χ2n) is 5.39. The van der Waals surface area contributed by atoms with E-state index in [2.05, 4.69) is 4.98 Å². The maximum atomic E-state index is 12.5. The van der Waals surface area contributed by atoms with Crippen LogP contribution in [-0.2, 0) is 23.1 Å². The van der Waals surface area contributed by atoms with Gasteiger partial charge in [-0.25, -0.2) is 4.98 Å². The average molecular weight is 280 g/mol. The van der Waals surface area contributed by atoms with Gasteiger partial charge in [-0.15, -0.1) is 0 Å². The Bertz CT molecular complexity index is 442. The van der Waals surface area contributed by atoms with E-state index in [1.54, 1.807) is 13.3 Å². The number of carbonyl (C=O) groups excluding carboxylic acids is 1. The number of rotatable bonds is 8. The molecule has 6 nitrogen and oxygen atoms in total. The molecule has 1 saturated carbocycles. The van der Waals surface area contributed by atoms with Gasteiger partial charge in [-0.2, -0.15) is 0 Å². The minimum Gasteiger partial charge on any atom is -0.385 e. The fourth-order valence-corrected chi connectivity index (χ4v) is 2.26. The van der Waals surface area contributed by atoms with E-state index in [1.165, 1.54) is 0 Å². The Kier molecular flexibility index (Phi) is 5.14. The fraction of sp³-hybridized carbons (Fsp3) is 0.714. The first-order valence-corrected chi connectivity index (χ1v) is 7.14. The van der Waals surface area contributed by atoms with Crippen molar-refractivity contribution < 1.29 is 9.53 Å². The second kappa shape index (κ2) is 6.85. The number of imidazole rings is 1. The number of hydrogen-bond acceptors (Lipinski definition) is 4. The van der Waals surface area contributed by atoms with Crippen LogP contribution in [-0.4, -0.2) is 46.2 Å². The van der Waals surface area contributed by atoms with Crippen LogP contribution in [0.1, 0.15) is 31.5 Å². The van der Waals surface area contributed by atoms with Crippen LogP contribution < -0.4 is 5.73 Å². The zero-order chi connectivity index (χ0) is 14.5. The predicted molar refractivity (Wildman–Crippen MR) is 75.9 cm³/mol. The Morgan fingerprint density at radius 1 is 1.65 bits per heavy atom. The van der Waals surface area contributed by atoms with Gasteiger partial charge < -0.3 is 19.9 Å². The molecule has 112 valence electrons. The van der Waals surface area contributed by atoms with Crippen LogP contribution in [0, 0.1) is 0 Å². The van der Waals surface area contributed by atoms with Gasteiger partial charge in [0.05, 0.1) is 12.6 Å². The molecule has 20 heavy (non-hydrogen) atoms. The van der Waals surface area contributed by atoms with Crippen molar-refractivity contribution in [1.29, 1.82) is 0 Å². The number of aryl methyl sites for hydroxylation is 1. The van der Waals surface area contributed by atoms with Gasteiger partial charge in [-0.1, -0.05) is 0 Å². The number of nitrogens with two attached hydrogens (primary N) is 1. The van der Waals surface area contributed by atoms with Gasteiger partial charge in [-0.3, -0.25) is 4.79 Å². The lowest BCUT2D eigenvalue weighted by atomic mass is 10.1. The summed E-state index contributed by atoms with van der Waals surface area (Å²) in [7, 11) is 3.60. The normalized spacial score (nSPS) is 16.1. The molecule has 0 aromatic carbocycles. The first kappa shape index (κ1) is 15.0. The number of aromatic nitrogens is 2. The standard InChI is InChI=1S/C14H24N4O2/c1-17-8-7-16-13(17)10-18(11-5-6-11)14(19)12(15)4-3-9-20-2/h7-8,11-12H,3-6,9-10,15H2,1-2H3. The molecule has 0 saturated heterocycles. The van der Waals surface area contributed by atoms with Crippen LogP contribution in [0.15, 0.2) is 12.4 Å². The molecule has 1 aromatic heterocycles. The molecule has 1 fully saturated rings. The summed E-state index contributed by atoms with van der Waals surface area (Å²) >= 11 is 0. The van der Waals surface area contributed by atoms with Crippen molar-refractivity contribution in [1.82, 2.24) is 14.5 Å². The van der Waals surface area contributed by atoms with E-state index in [-0.39, 0.29) is 5.91 Å². The third kappa shape index (κ3) is 3.80. The van der Waals surface area contributed by atoms with E-state index in [0.29, 0.717) is 25.6 Å². The smallest absolute Gasteiger partial charge is 0.240 e. The molecule has 1 aromatic rings. The molecule has 6 heteroatoms. The van der Waals surface area contributed by atoms with E-state index in [1.807, 2.05) is 22.7 Å². The van der Waals surface area contributed by atoms with Crippen LogP contribution >= 0.6 is 0 Å². The number of hydrogen-bond donors (Lipinski definition) is 1. The van der Waals surface area contributed by atoms with Crippen molar-refractivity contribution in [3.05, 3.63) is 18.2 Å². The lowest BCUT2D eigenvalue weighted by Gasteiger charge is -2.25. The third-order valence-corrected chi connectivity index (χ3v) is 3.68. The number of amides is 1. The predicted octanol–water partition coefficient (Wildman–Crippen LogP) is 0.665. The molecule has 0 spiro atoms. The van der Waals surface area contributed by atoms with Gasteiger partial charge in [0.1, 0.15) is 5.82 Å². The maximum Gasteiger partial charge on any atom is 0.240 e. The summed E-state index contributed by atoms with van der Waals surface area (Å²) in [5.74, 6) is 0.931. The minimum absolute atomic E-state index is 0.0339. The maximum absolute atomic E-state index is 12.5. The molecule has 1 amide bonds. The Morgan fingerprint density at radius 2 is 2.40 bits per heavy atom. The first-order chi connectivity index (χ1) is 9.63. The van der Waals surface area contributed by atoms with Crippen LogP contribution in [0.5, 0.6) is 0 Å². The largest absolute Gasteiger partial charge is 0.385 e. The van der Waals surface area contributed by atoms with E-state index in [4.69, 9.17) is 10.5 Å². The van der Waals surface area contributed by atoms with Crippen molar-refractivity contribution in [2.45, 2.75) is 44.3 Å². The molecule has 1 aliphatic rings. The SMILES string of the molecule is COCCCC(N)C(=O)N(Cc1nccn1C)C1CC1. The zero-order valence-electron chi connectivity index (χ0n) is 12.3. The molecule has 2 N–H and O–H groups in total. The Hall–Kier alpha value is -1.40. The van der Waals surface area contributed by atoms with Gasteiger partial charge in [0.2, 0.25) is 5.91 Å². The third-order valence-electron chi connectivity index (χ3n) is 3.68. The summed E-state index contributed by atoms with van der Waals surface area (Å²) in [5, 5.41) is 0. The second-order valence-corrected chi connectivity index (χ2v) is 5.39. The molecule has 0 aliphatic heterocycles. The highest BCUT2D eigenvalue weighted by atomic mass is 16.5. The van der Waals surface area contributed by atoms with Gasteiger partial charge in [0.15, 0.2) is 0 Å². The molecule has 1 aliphatic carbocycles. The lowest BCUT2D eigenvalue weighted by molar-refractivity contribution is -0.134. The highest BCUT2D eigenvalue weighted by Crippen LogP contribution is 2.28. The molecule has 2 rings (SSSR count). The summed E-state index contributed by atoms with van der Waals surface area (Å²) in [6.07, 6.45) is 7.26. The summed E-state index contributed by atoms with van der Waals surface area (Å²) in [6, 6.07) is -0.0984. The zero-order valence-corrected chi connectivity index (χ0v) is 12.3. The van der Waals surface area contributed by atoms with E-state index in [9.17, 15) is 4.79 Å². The summed E-state index contributed by atoms with van der Waals surface area (Å²) in [4.78, 5) is 18.7. The van der Waals surface area contributed by atoms with Crippen LogP contribution in [0.4, 0.5) is 0 Å². The minimum atomic E-state index is -0.439.